The van der Waals surface area contributed by atoms with E-state index in [4.69, 9.17) is 23.4 Å². The molecule has 1 N–H and O–H groups in total. The monoisotopic (exact) mass is 438 g/mol. The van der Waals surface area contributed by atoms with E-state index in [2.05, 4.69) is 0 Å². The molecule has 2 rings (SSSR count). The van der Waals surface area contributed by atoms with Gasteiger partial charge in [-0.2, -0.15) is 13.2 Å². The maximum absolute atomic E-state index is 13.9. The van der Waals surface area contributed by atoms with Crippen LogP contribution < -0.4 is 9.74 Å². The standard InChI is InChI=1S/C17H9Cl2F5N2O2/c18-13(17(22,23)24)8-9-4-6-10(7-5-9)26(16(28)25-19)15(27)14-11(20)2-1-3-12(14)21/h1-8H,(H,25,28). The zero-order valence-electron chi connectivity index (χ0n) is 13.5. The van der Waals surface area contributed by atoms with Crippen molar-refractivity contribution in [3.05, 3.63) is 70.3 Å². The van der Waals surface area contributed by atoms with Gasteiger partial charge in [-0.3, -0.25) is 4.79 Å². The number of imide groups is 1. The second-order valence-corrected chi connectivity index (χ2v) is 5.81. The Bertz CT molecular complexity index is 910. The molecule has 0 fully saturated rings. The first kappa shape index (κ1) is 21.6. The van der Waals surface area contributed by atoms with E-state index >= 15 is 0 Å². The number of amides is 3. The molecule has 0 aliphatic rings. The molecule has 2 aromatic carbocycles. The maximum Gasteiger partial charge on any atom is 0.426 e. The highest BCUT2D eigenvalue weighted by Gasteiger charge is 2.32. The largest absolute Gasteiger partial charge is 0.426 e. The highest BCUT2D eigenvalue weighted by molar-refractivity contribution is 6.32. The fourth-order valence-corrected chi connectivity index (χ4v) is 2.34. The van der Waals surface area contributed by atoms with E-state index in [0.29, 0.717) is 11.0 Å². The van der Waals surface area contributed by atoms with Crippen molar-refractivity contribution in [3.63, 3.8) is 0 Å². The minimum absolute atomic E-state index is 0.00169. The lowest BCUT2D eigenvalue weighted by Crippen LogP contribution is -2.41. The number of benzene rings is 2. The third-order valence-electron chi connectivity index (χ3n) is 3.38. The van der Waals surface area contributed by atoms with E-state index < -0.39 is 40.3 Å². The number of carbonyl (C=O) groups is 2. The van der Waals surface area contributed by atoms with Gasteiger partial charge in [0.05, 0.1) is 5.69 Å². The summed E-state index contributed by atoms with van der Waals surface area (Å²) in [5, 5.41) is -1.39. The van der Waals surface area contributed by atoms with E-state index in [1.165, 1.54) is 0 Å². The summed E-state index contributed by atoms with van der Waals surface area (Å²) in [5.41, 5.74) is -1.21. The molecule has 0 unspecified atom stereocenters. The van der Waals surface area contributed by atoms with E-state index in [0.717, 1.165) is 42.5 Å². The third-order valence-corrected chi connectivity index (χ3v) is 3.86. The molecule has 0 atom stereocenters. The van der Waals surface area contributed by atoms with Gasteiger partial charge in [-0.05, 0) is 35.9 Å². The molecule has 148 valence electrons. The number of rotatable bonds is 3. The van der Waals surface area contributed by atoms with Gasteiger partial charge in [-0.1, -0.05) is 29.8 Å². The molecule has 2 aromatic rings. The molecule has 0 heterocycles. The average Bonchev–Trinajstić information content (AvgIpc) is 2.62. The normalized spacial score (nSPS) is 11.9. The lowest BCUT2D eigenvalue weighted by atomic mass is 10.1. The van der Waals surface area contributed by atoms with Gasteiger partial charge in [0.2, 0.25) is 0 Å². The number of hydrogen-bond donors (Lipinski definition) is 1. The summed E-state index contributed by atoms with van der Waals surface area (Å²) in [4.78, 5) is 26.5. The van der Waals surface area contributed by atoms with Crippen LogP contribution in [0.1, 0.15) is 15.9 Å². The summed E-state index contributed by atoms with van der Waals surface area (Å²) in [6.45, 7) is 0. The minimum Gasteiger partial charge on any atom is -0.268 e. The molecule has 0 aliphatic heterocycles. The number of halogens is 7. The quantitative estimate of drug-likeness (QED) is 0.499. The predicted octanol–water partition coefficient (Wildman–Crippen LogP) is 5.62. The smallest absolute Gasteiger partial charge is 0.268 e. The van der Waals surface area contributed by atoms with Crippen molar-refractivity contribution < 1.29 is 31.5 Å². The van der Waals surface area contributed by atoms with Crippen LogP contribution >= 0.6 is 23.4 Å². The molecule has 3 amide bonds. The number of nitrogens with zero attached hydrogens (tertiary/aromatic N) is 1. The summed E-state index contributed by atoms with van der Waals surface area (Å²) in [5.74, 6) is -3.80. The lowest BCUT2D eigenvalue weighted by molar-refractivity contribution is -0.0836. The van der Waals surface area contributed by atoms with Gasteiger partial charge >= 0.3 is 12.2 Å². The lowest BCUT2D eigenvalue weighted by Gasteiger charge is -2.20. The first-order valence-corrected chi connectivity index (χ1v) is 8.05. The first-order chi connectivity index (χ1) is 13.1. The molecule has 4 nitrogen and oxygen atoms in total. The Kier molecular flexibility index (Phi) is 6.63. The van der Waals surface area contributed by atoms with Crippen LogP contribution in [0.4, 0.5) is 32.4 Å². The molecule has 0 radical (unpaired) electrons. The number of nitrogens with one attached hydrogen (secondary N) is 1. The Labute approximate surface area is 165 Å². The summed E-state index contributed by atoms with van der Waals surface area (Å²) in [7, 11) is 0. The van der Waals surface area contributed by atoms with Crippen LogP contribution in [0, 0.1) is 11.6 Å². The highest BCUT2D eigenvalue weighted by atomic mass is 35.5. The fraction of sp³-hybridized carbons (Fsp3) is 0.0588. The van der Waals surface area contributed by atoms with Crippen LogP contribution in [0.15, 0.2) is 47.5 Å². The van der Waals surface area contributed by atoms with Gasteiger partial charge < -0.3 is 0 Å². The second kappa shape index (κ2) is 8.57. The van der Waals surface area contributed by atoms with Crippen LogP contribution in [0.5, 0.6) is 0 Å². The van der Waals surface area contributed by atoms with E-state index in [-0.39, 0.29) is 11.3 Å². The van der Waals surface area contributed by atoms with Gasteiger partial charge in [-0.25, -0.2) is 23.3 Å². The van der Waals surface area contributed by atoms with Crippen LogP contribution in [0.3, 0.4) is 0 Å². The van der Waals surface area contributed by atoms with Crippen molar-refractivity contribution in [2.24, 2.45) is 0 Å². The summed E-state index contributed by atoms with van der Waals surface area (Å²) < 4.78 is 65.2. The second-order valence-electron chi connectivity index (χ2n) is 5.22. The molecule has 0 saturated heterocycles. The van der Waals surface area contributed by atoms with Gasteiger partial charge in [0.25, 0.3) is 5.91 Å². The zero-order valence-corrected chi connectivity index (χ0v) is 15.0. The molecule has 28 heavy (non-hydrogen) atoms. The Balaban J connectivity index is 2.45. The molecular weight excluding hydrogens is 430 g/mol. The van der Waals surface area contributed by atoms with Gasteiger partial charge in [0, 0.05) is 11.8 Å². The van der Waals surface area contributed by atoms with Crippen molar-refractivity contribution in [2.45, 2.75) is 6.18 Å². The highest BCUT2D eigenvalue weighted by Crippen LogP contribution is 2.31. The van der Waals surface area contributed by atoms with Crippen molar-refractivity contribution in [3.8, 4) is 0 Å². The summed E-state index contributed by atoms with van der Waals surface area (Å²) in [6.07, 6.45) is -4.13. The average molecular weight is 439 g/mol. The molecular formula is C17H9Cl2F5N2O2. The summed E-state index contributed by atoms with van der Waals surface area (Å²) >= 11 is 10.4. The third kappa shape index (κ3) is 4.79. The fourth-order valence-electron chi connectivity index (χ4n) is 2.13. The van der Waals surface area contributed by atoms with Gasteiger partial charge in [0.1, 0.15) is 22.2 Å². The van der Waals surface area contributed by atoms with E-state index in [9.17, 15) is 31.5 Å². The number of alkyl halides is 3. The minimum atomic E-state index is -4.75. The Morgan fingerprint density at radius 3 is 2.00 bits per heavy atom. The number of hydrogen-bond acceptors (Lipinski definition) is 2. The predicted molar refractivity (Wildman–Crippen MR) is 93.9 cm³/mol. The molecule has 0 spiro atoms. The first-order valence-electron chi connectivity index (χ1n) is 7.29. The van der Waals surface area contributed by atoms with Gasteiger partial charge in [-0.15, -0.1) is 0 Å². The van der Waals surface area contributed by atoms with Gasteiger partial charge in [0.15, 0.2) is 0 Å². The maximum atomic E-state index is 13.9. The van der Waals surface area contributed by atoms with Crippen molar-refractivity contribution in [1.29, 1.82) is 0 Å². The summed E-state index contributed by atoms with van der Waals surface area (Å²) in [6, 6.07) is 5.82. The molecule has 0 aromatic heterocycles. The number of urea groups is 1. The van der Waals surface area contributed by atoms with Crippen LogP contribution in [0.2, 0.25) is 0 Å². The SMILES string of the molecule is O=C(NCl)N(C(=O)c1c(F)cccc1F)c1ccc(C=C(Cl)C(F)(F)F)cc1. The van der Waals surface area contributed by atoms with E-state index in [1.807, 2.05) is 0 Å². The number of anilines is 1. The number of carbonyl (C=O) groups excluding carboxylic acids is 2. The van der Waals surface area contributed by atoms with Crippen LogP contribution in [0.25, 0.3) is 6.08 Å². The Morgan fingerprint density at radius 1 is 1.00 bits per heavy atom. The molecule has 0 saturated carbocycles. The van der Waals surface area contributed by atoms with Crippen molar-refractivity contribution >= 4 is 47.1 Å². The van der Waals surface area contributed by atoms with Crippen molar-refractivity contribution in [2.75, 3.05) is 4.90 Å². The topological polar surface area (TPSA) is 49.4 Å². The Morgan fingerprint density at radius 2 is 1.54 bits per heavy atom. The van der Waals surface area contributed by atoms with Crippen LogP contribution in [-0.2, 0) is 0 Å². The molecule has 0 aliphatic carbocycles. The number of allylic oxidation sites excluding steroid dienone is 1. The van der Waals surface area contributed by atoms with Crippen molar-refractivity contribution in [1.82, 2.24) is 4.84 Å². The molecule has 0 bridgehead atoms. The Hall–Kier alpha value is -2.65. The van der Waals surface area contributed by atoms with Crippen LogP contribution in [-0.4, -0.2) is 18.1 Å². The molecule has 11 heteroatoms. The zero-order chi connectivity index (χ0) is 21.1. The van der Waals surface area contributed by atoms with E-state index in [1.54, 1.807) is 4.84 Å².